The van der Waals surface area contributed by atoms with E-state index in [1.165, 1.54) is 0 Å². The number of nitrogens with zero attached hydrogens (tertiary/aromatic N) is 3. The Labute approximate surface area is 105 Å². The van der Waals surface area contributed by atoms with Crippen molar-refractivity contribution in [2.75, 3.05) is 20.0 Å². The van der Waals surface area contributed by atoms with E-state index in [1.807, 2.05) is 35.2 Å². The number of aliphatic imine (C=N–C) groups is 1. The van der Waals surface area contributed by atoms with E-state index in [0.717, 1.165) is 10.7 Å². The Bertz CT molecular complexity index is 433. The van der Waals surface area contributed by atoms with Gasteiger partial charge in [0.05, 0.1) is 5.88 Å². The minimum Gasteiger partial charge on any atom is -0.310 e. The van der Waals surface area contributed by atoms with Crippen LogP contribution < -0.4 is 0 Å². The predicted molar refractivity (Wildman–Crippen MR) is 71.0 cm³/mol. The first-order chi connectivity index (χ1) is 8.22. The van der Waals surface area contributed by atoms with E-state index >= 15 is 0 Å². The molecule has 5 heteroatoms. The van der Waals surface area contributed by atoms with Gasteiger partial charge in [-0.3, -0.25) is 9.89 Å². The van der Waals surface area contributed by atoms with Crippen molar-refractivity contribution in [3.8, 4) is 0 Å². The third-order valence-electron chi connectivity index (χ3n) is 2.60. The molecule has 1 saturated heterocycles. The van der Waals surface area contributed by atoms with Crippen molar-refractivity contribution in [1.29, 1.82) is 0 Å². The van der Waals surface area contributed by atoms with Gasteiger partial charge < -0.3 is 4.90 Å². The average Bonchev–Trinajstić information content (AvgIpc) is 2.37. The van der Waals surface area contributed by atoms with Crippen LogP contribution in [0.25, 0.3) is 0 Å². The Morgan fingerprint density at radius 1 is 1.35 bits per heavy atom. The summed E-state index contributed by atoms with van der Waals surface area (Å²) in [5.74, 6) is 0.657. The summed E-state index contributed by atoms with van der Waals surface area (Å²) in [4.78, 5) is 19.5. The lowest BCUT2D eigenvalue weighted by atomic mass is 10.2. The Morgan fingerprint density at radius 3 is 2.71 bits per heavy atom. The molecule has 1 aliphatic rings. The maximum absolute atomic E-state index is 12.1. The van der Waals surface area contributed by atoms with Gasteiger partial charge in [0.1, 0.15) is 0 Å². The van der Waals surface area contributed by atoms with Crippen LogP contribution in [0.3, 0.4) is 0 Å². The lowest BCUT2D eigenvalue weighted by Gasteiger charge is -2.33. The van der Waals surface area contributed by atoms with Gasteiger partial charge in [0.25, 0.3) is 0 Å². The van der Waals surface area contributed by atoms with E-state index in [0.29, 0.717) is 12.4 Å². The molecule has 0 unspecified atom stereocenters. The van der Waals surface area contributed by atoms with Crippen molar-refractivity contribution in [1.82, 2.24) is 9.80 Å². The summed E-state index contributed by atoms with van der Waals surface area (Å²) >= 11 is 1.58. The molecule has 1 fully saturated rings. The molecular weight excluding hydrogens is 234 g/mol. The van der Waals surface area contributed by atoms with E-state index in [4.69, 9.17) is 0 Å². The van der Waals surface area contributed by atoms with E-state index < -0.39 is 0 Å². The van der Waals surface area contributed by atoms with Crippen LogP contribution in [0.2, 0.25) is 0 Å². The molecule has 2 amide bonds. The lowest BCUT2D eigenvalue weighted by molar-refractivity contribution is 0.186. The third-order valence-corrected chi connectivity index (χ3v) is 3.76. The van der Waals surface area contributed by atoms with E-state index in [2.05, 4.69) is 4.99 Å². The number of urea groups is 1. The van der Waals surface area contributed by atoms with Crippen LogP contribution in [-0.2, 0) is 6.54 Å². The zero-order valence-corrected chi connectivity index (χ0v) is 10.8. The summed E-state index contributed by atoms with van der Waals surface area (Å²) < 4.78 is 0. The second kappa shape index (κ2) is 5.23. The Morgan fingerprint density at radius 2 is 2.06 bits per heavy atom. The zero-order chi connectivity index (χ0) is 12.3. The normalized spacial score (nSPS) is 18.9. The highest BCUT2D eigenvalue weighted by molar-refractivity contribution is 8.13. The van der Waals surface area contributed by atoms with Gasteiger partial charge >= 0.3 is 6.03 Å². The first-order valence-electron chi connectivity index (χ1n) is 5.38. The highest BCUT2D eigenvalue weighted by atomic mass is 32.2. The number of amidine groups is 1. The molecule has 2 rings (SSSR count). The Balaban J connectivity index is 2.07. The molecule has 90 valence electrons. The molecule has 0 radical (unpaired) electrons. The molecule has 0 aliphatic carbocycles. The fourth-order valence-corrected chi connectivity index (χ4v) is 2.59. The van der Waals surface area contributed by atoms with Gasteiger partial charge in [-0.1, -0.05) is 42.1 Å². The first-order valence-corrected chi connectivity index (χ1v) is 6.37. The SMILES string of the molecule is CN=C1SCN(Cc2ccccc2)C(=O)N1C. The maximum atomic E-state index is 12.1. The molecule has 4 nitrogen and oxygen atoms in total. The number of benzene rings is 1. The van der Waals surface area contributed by atoms with Crippen molar-refractivity contribution in [2.24, 2.45) is 4.99 Å². The van der Waals surface area contributed by atoms with E-state index in [1.54, 1.807) is 30.8 Å². The number of amides is 2. The van der Waals surface area contributed by atoms with Crippen LogP contribution in [0.15, 0.2) is 35.3 Å². The topological polar surface area (TPSA) is 35.9 Å². The van der Waals surface area contributed by atoms with Crippen LogP contribution in [0.5, 0.6) is 0 Å². The largest absolute Gasteiger partial charge is 0.326 e. The average molecular weight is 249 g/mol. The fraction of sp³-hybridized carbons (Fsp3) is 0.333. The lowest BCUT2D eigenvalue weighted by Crippen LogP contribution is -2.47. The minimum absolute atomic E-state index is 0.00760. The molecule has 0 N–H and O–H groups in total. The molecule has 1 aromatic rings. The molecule has 1 heterocycles. The molecule has 0 spiro atoms. The summed E-state index contributed by atoms with van der Waals surface area (Å²) in [7, 11) is 3.47. The van der Waals surface area contributed by atoms with Crippen LogP contribution in [0, 0.1) is 0 Å². The monoisotopic (exact) mass is 249 g/mol. The van der Waals surface area contributed by atoms with E-state index in [9.17, 15) is 4.79 Å². The quantitative estimate of drug-likeness (QED) is 0.805. The minimum atomic E-state index is 0.00760. The van der Waals surface area contributed by atoms with Gasteiger partial charge in [-0.15, -0.1) is 0 Å². The standard InChI is InChI=1S/C12H15N3OS/c1-13-11-14(2)12(16)15(9-17-11)8-10-6-4-3-5-7-10/h3-7H,8-9H2,1-2H3. The van der Waals surface area contributed by atoms with Crippen LogP contribution in [0.1, 0.15) is 5.56 Å². The number of carbonyl (C=O) groups is 1. The second-order valence-electron chi connectivity index (χ2n) is 3.80. The summed E-state index contributed by atoms with van der Waals surface area (Å²) in [5.41, 5.74) is 1.15. The van der Waals surface area contributed by atoms with Crippen molar-refractivity contribution in [3.63, 3.8) is 0 Å². The Hall–Kier alpha value is -1.49. The third kappa shape index (κ3) is 2.61. The number of rotatable bonds is 2. The molecule has 1 aliphatic heterocycles. The molecule has 0 bridgehead atoms. The van der Waals surface area contributed by atoms with Gasteiger partial charge in [0.2, 0.25) is 0 Å². The van der Waals surface area contributed by atoms with Crippen LogP contribution >= 0.6 is 11.8 Å². The molecule has 17 heavy (non-hydrogen) atoms. The van der Waals surface area contributed by atoms with Crippen molar-refractivity contribution < 1.29 is 4.79 Å². The summed E-state index contributed by atoms with van der Waals surface area (Å²) in [6, 6.07) is 10.0. The highest BCUT2D eigenvalue weighted by Crippen LogP contribution is 2.20. The predicted octanol–water partition coefficient (Wildman–Crippen LogP) is 2.23. The van der Waals surface area contributed by atoms with Crippen molar-refractivity contribution >= 4 is 23.0 Å². The van der Waals surface area contributed by atoms with Gasteiger partial charge in [-0.25, -0.2) is 4.79 Å². The van der Waals surface area contributed by atoms with Crippen molar-refractivity contribution in [2.45, 2.75) is 6.54 Å². The van der Waals surface area contributed by atoms with Crippen LogP contribution in [-0.4, -0.2) is 41.0 Å². The zero-order valence-electron chi connectivity index (χ0n) is 9.96. The Kier molecular flexibility index (Phi) is 3.68. The molecular formula is C12H15N3OS. The van der Waals surface area contributed by atoms with Gasteiger partial charge in [-0.05, 0) is 5.56 Å². The summed E-state index contributed by atoms with van der Waals surface area (Å²) in [5, 5.41) is 0.777. The number of hydrogen-bond acceptors (Lipinski definition) is 3. The smallest absolute Gasteiger partial charge is 0.310 e. The second-order valence-corrected chi connectivity index (χ2v) is 4.72. The number of carbonyl (C=O) groups excluding carboxylic acids is 1. The highest BCUT2D eigenvalue weighted by Gasteiger charge is 2.27. The summed E-state index contributed by atoms with van der Waals surface area (Å²) in [6.07, 6.45) is 0. The van der Waals surface area contributed by atoms with Crippen LogP contribution in [0.4, 0.5) is 4.79 Å². The number of thioether (sulfide) groups is 1. The summed E-state index contributed by atoms with van der Waals surface area (Å²) in [6.45, 7) is 0.647. The van der Waals surface area contributed by atoms with E-state index in [-0.39, 0.29) is 6.03 Å². The molecule has 0 saturated carbocycles. The first kappa shape index (κ1) is 12.0. The maximum Gasteiger partial charge on any atom is 0.326 e. The number of hydrogen-bond donors (Lipinski definition) is 0. The fourth-order valence-electron chi connectivity index (χ4n) is 1.71. The van der Waals surface area contributed by atoms with Gasteiger partial charge in [0, 0.05) is 20.6 Å². The molecule has 1 aromatic carbocycles. The van der Waals surface area contributed by atoms with Gasteiger partial charge in [-0.2, -0.15) is 0 Å². The van der Waals surface area contributed by atoms with Crippen molar-refractivity contribution in [3.05, 3.63) is 35.9 Å². The molecule has 0 aromatic heterocycles. The molecule has 0 atom stereocenters. The van der Waals surface area contributed by atoms with Gasteiger partial charge in [0.15, 0.2) is 5.17 Å².